The lowest BCUT2D eigenvalue weighted by Crippen LogP contribution is -2.27. The molecule has 20 heavy (non-hydrogen) atoms. The fourth-order valence-electron chi connectivity index (χ4n) is 2.84. The minimum absolute atomic E-state index is 0.0420. The van der Waals surface area contributed by atoms with Gasteiger partial charge in [0, 0.05) is 24.8 Å². The zero-order valence-electron chi connectivity index (χ0n) is 11.7. The summed E-state index contributed by atoms with van der Waals surface area (Å²) in [5, 5.41) is 7.34. The van der Waals surface area contributed by atoms with E-state index in [1.807, 2.05) is 29.9 Å². The first-order valence-electron chi connectivity index (χ1n) is 7.12. The molecule has 1 aliphatic carbocycles. The van der Waals surface area contributed by atoms with E-state index in [9.17, 15) is 4.79 Å². The average Bonchev–Trinajstić information content (AvgIpc) is 3.04. The summed E-state index contributed by atoms with van der Waals surface area (Å²) in [6.07, 6.45) is 3.99. The van der Waals surface area contributed by atoms with Gasteiger partial charge in [-0.15, -0.1) is 0 Å². The molecule has 1 aliphatic rings. The number of fused-ring (bicyclic) bond motifs is 1. The third kappa shape index (κ3) is 2.46. The molecule has 1 aromatic heterocycles. The lowest BCUT2D eigenvalue weighted by Gasteiger charge is -2.04. The molecule has 0 saturated carbocycles. The summed E-state index contributed by atoms with van der Waals surface area (Å²) in [5.41, 5.74) is 4.22. The number of nitrogens with zero attached hydrogens (tertiary/aromatic N) is 2. The van der Waals surface area contributed by atoms with Crippen molar-refractivity contribution in [2.75, 3.05) is 6.54 Å². The van der Waals surface area contributed by atoms with Gasteiger partial charge in [0.2, 0.25) is 0 Å². The molecule has 3 rings (SSSR count). The predicted molar refractivity (Wildman–Crippen MR) is 77.7 cm³/mol. The molecule has 104 valence electrons. The van der Waals surface area contributed by atoms with Gasteiger partial charge in [0.25, 0.3) is 5.91 Å². The number of carbonyl (C=O) groups excluding carboxylic acids is 1. The van der Waals surface area contributed by atoms with Gasteiger partial charge in [-0.25, -0.2) is 0 Å². The van der Waals surface area contributed by atoms with Crippen molar-refractivity contribution in [3.63, 3.8) is 0 Å². The largest absolute Gasteiger partial charge is 0.350 e. The van der Waals surface area contributed by atoms with Gasteiger partial charge in [-0.05, 0) is 31.2 Å². The Kier molecular flexibility index (Phi) is 3.54. The Hall–Kier alpha value is -2.10. The van der Waals surface area contributed by atoms with Crippen LogP contribution in [-0.2, 0) is 26.3 Å². The summed E-state index contributed by atoms with van der Waals surface area (Å²) >= 11 is 0. The molecule has 0 atom stereocenters. The van der Waals surface area contributed by atoms with Crippen LogP contribution >= 0.6 is 0 Å². The Morgan fingerprint density at radius 2 is 2.10 bits per heavy atom. The van der Waals surface area contributed by atoms with Gasteiger partial charge in [-0.2, -0.15) is 5.10 Å². The quantitative estimate of drug-likeness (QED) is 0.921. The van der Waals surface area contributed by atoms with Crippen LogP contribution in [0.3, 0.4) is 0 Å². The Morgan fingerprint density at radius 3 is 2.90 bits per heavy atom. The first-order valence-corrected chi connectivity index (χ1v) is 7.12. The highest BCUT2D eigenvalue weighted by Gasteiger charge is 2.24. The smallest absolute Gasteiger partial charge is 0.272 e. The van der Waals surface area contributed by atoms with Gasteiger partial charge in [0.05, 0.1) is 0 Å². The minimum Gasteiger partial charge on any atom is -0.350 e. The summed E-state index contributed by atoms with van der Waals surface area (Å²) in [5.74, 6) is -0.0420. The number of hydrogen-bond donors (Lipinski definition) is 1. The number of aryl methyl sites for hydroxylation is 1. The summed E-state index contributed by atoms with van der Waals surface area (Å²) in [6, 6.07) is 10.2. The van der Waals surface area contributed by atoms with Crippen molar-refractivity contribution in [3.05, 3.63) is 52.8 Å². The van der Waals surface area contributed by atoms with Crippen LogP contribution in [-0.4, -0.2) is 22.2 Å². The zero-order valence-corrected chi connectivity index (χ0v) is 11.7. The Labute approximate surface area is 118 Å². The number of nitrogens with one attached hydrogen (secondary N) is 1. The molecule has 4 nitrogen and oxygen atoms in total. The Balaban J connectivity index is 1.61. The van der Waals surface area contributed by atoms with Crippen molar-refractivity contribution in [2.45, 2.75) is 25.7 Å². The molecule has 0 aliphatic heterocycles. The first-order chi connectivity index (χ1) is 9.75. The van der Waals surface area contributed by atoms with Crippen molar-refractivity contribution < 1.29 is 4.79 Å². The number of hydrogen-bond acceptors (Lipinski definition) is 2. The SMILES string of the molecule is Cn1nc(C(=O)NCCc2ccccc2)c2c1CCC2. The van der Waals surface area contributed by atoms with Crippen LogP contribution in [0.25, 0.3) is 0 Å². The van der Waals surface area contributed by atoms with E-state index in [4.69, 9.17) is 0 Å². The molecule has 0 radical (unpaired) electrons. The molecular formula is C16H19N3O. The first kappa shape index (κ1) is 12.9. The molecule has 0 bridgehead atoms. The minimum atomic E-state index is -0.0420. The van der Waals surface area contributed by atoms with Crippen LogP contribution in [0.2, 0.25) is 0 Å². The normalized spacial score (nSPS) is 13.2. The fourth-order valence-corrected chi connectivity index (χ4v) is 2.84. The molecule has 0 fully saturated rings. The van der Waals surface area contributed by atoms with Gasteiger partial charge in [0.1, 0.15) is 0 Å². The second-order valence-electron chi connectivity index (χ2n) is 5.24. The monoisotopic (exact) mass is 269 g/mol. The van der Waals surface area contributed by atoms with Gasteiger partial charge >= 0.3 is 0 Å². The van der Waals surface area contributed by atoms with Crippen molar-refractivity contribution >= 4 is 5.91 Å². The van der Waals surface area contributed by atoms with Crippen LogP contribution in [0.4, 0.5) is 0 Å². The highest BCUT2D eigenvalue weighted by atomic mass is 16.1. The fraction of sp³-hybridized carbons (Fsp3) is 0.375. The number of rotatable bonds is 4. The molecule has 0 spiro atoms. The van der Waals surface area contributed by atoms with Crippen LogP contribution in [0.1, 0.15) is 33.7 Å². The topological polar surface area (TPSA) is 46.9 Å². The van der Waals surface area contributed by atoms with Crippen molar-refractivity contribution in [2.24, 2.45) is 7.05 Å². The second kappa shape index (κ2) is 5.49. The number of aromatic nitrogens is 2. The maximum absolute atomic E-state index is 12.2. The van der Waals surface area contributed by atoms with E-state index in [-0.39, 0.29) is 5.91 Å². The zero-order chi connectivity index (χ0) is 13.9. The Morgan fingerprint density at radius 1 is 1.30 bits per heavy atom. The van der Waals surface area contributed by atoms with Gasteiger partial charge < -0.3 is 5.32 Å². The van der Waals surface area contributed by atoms with Gasteiger partial charge in [-0.3, -0.25) is 9.48 Å². The lowest BCUT2D eigenvalue weighted by atomic mass is 10.1. The highest BCUT2D eigenvalue weighted by Crippen LogP contribution is 2.24. The molecule has 0 saturated heterocycles. The molecule has 2 aromatic rings. The summed E-state index contributed by atoms with van der Waals surface area (Å²) in [7, 11) is 1.92. The molecule has 4 heteroatoms. The van der Waals surface area contributed by atoms with Gasteiger partial charge in [0.15, 0.2) is 5.69 Å². The molecular weight excluding hydrogens is 250 g/mol. The molecule has 1 heterocycles. The lowest BCUT2D eigenvalue weighted by molar-refractivity contribution is 0.0947. The van der Waals surface area contributed by atoms with Crippen LogP contribution < -0.4 is 5.32 Å². The van der Waals surface area contributed by atoms with E-state index in [2.05, 4.69) is 22.5 Å². The number of benzene rings is 1. The summed E-state index contributed by atoms with van der Waals surface area (Å²) in [6.45, 7) is 0.647. The summed E-state index contributed by atoms with van der Waals surface area (Å²) < 4.78 is 1.86. The van der Waals surface area contributed by atoms with Crippen molar-refractivity contribution in [1.82, 2.24) is 15.1 Å². The number of carbonyl (C=O) groups is 1. The third-order valence-corrected chi connectivity index (χ3v) is 3.87. The van der Waals surface area contributed by atoms with Crippen molar-refractivity contribution in [3.8, 4) is 0 Å². The number of amides is 1. The average molecular weight is 269 g/mol. The van der Waals surface area contributed by atoms with Gasteiger partial charge in [-0.1, -0.05) is 30.3 Å². The van der Waals surface area contributed by atoms with E-state index in [1.165, 1.54) is 11.3 Å². The maximum atomic E-state index is 12.2. The van der Waals surface area contributed by atoms with E-state index < -0.39 is 0 Å². The molecule has 0 unspecified atom stereocenters. The van der Waals surface area contributed by atoms with Crippen LogP contribution in [0.15, 0.2) is 30.3 Å². The van der Waals surface area contributed by atoms with Crippen LogP contribution in [0.5, 0.6) is 0 Å². The molecule has 1 amide bonds. The van der Waals surface area contributed by atoms with E-state index in [0.29, 0.717) is 12.2 Å². The Bertz CT molecular complexity index is 616. The van der Waals surface area contributed by atoms with E-state index in [0.717, 1.165) is 31.2 Å². The van der Waals surface area contributed by atoms with Crippen molar-refractivity contribution in [1.29, 1.82) is 0 Å². The highest BCUT2D eigenvalue weighted by molar-refractivity contribution is 5.94. The maximum Gasteiger partial charge on any atom is 0.272 e. The second-order valence-corrected chi connectivity index (χ2v) is 5.24. The van der Waals surface area contributed by atoms with E-state index in [1.54, 1.807) is 0 Å². The molecule has 1 N–H and O–H groups in total. The summed E-state index contributed by atoms with van der Waals surface area (Å²) in [4.78, 5) is 12.2. The molecule has 1 aromatic carbocycles. The predicted octanol–water partition coefficient (Wildman–Crippen LogP) is 1.88. The third-order valence-electron chi connectivity index (χ3n) is 3.87. The van der Waals surface area contributed by atoms with E-state index >= 15 is 0 Å². The standard InChI is InChI=1S/C16H19N3O/c1-19-14-9-5-8-13(14)15(18-19)16(20)17-11-10-12-6-3-2-4-7-12/h2-4,6-7H,5,8-11H2,1H3,(H,17,20). The van der Waals surface area contributed by atoms with Crippen LogP contribution in [0, 0.1) is 0 Å².